The molecule has 0 radical (unpaired) electrons. The number of aryl methyl sites for hydroxylation is 3. The van der Waals surface area contributed by atoms with Gasteiger partial charge >= 0.3 is 6.01 Å². The first-order valence-corrected chi connectivity index (χ1v) is 8.99. The number of anilines is 1. The van der Waals surface area contributed by atoms with Crippen molar-refractivity contribution < 1.29 is 9.21 Å². The zero-order valence-corrected chi connectivity index (χ0v) is 15.0. The largest absolute Gasteiger partial charge is 0.408 e. The van der Waals surface area contributed by atoms with Crippen molar-refractivity contribution in [2.75, 3.05) is 11.1 Å². The Morgan fingerprint density at radius 2 is 1.88 bits per heavy atom. The third-order valence-corrected chi connectivity index (χ3v) is 4.80. The zero-order valence-electron chi connectivity index (χ0n) is 14.2. The summed E-state index contributed by atoms with van der Waals surface area (Å²) in [6.45, 7) is 3.98. The second kappa shape index (κ2) is 7.98. The molecule has 1 N–H and O–H groups in total. The van der Waals surface area contributed by atoms with Gasteiger partial charge in [-0.05, 0) is 49.2 Å². The summed E-state index contributed by atoms with van der Waals surface area (Å²) in [5, 5.41) is 10.5. The number of nitrogens with one attached hydrogen (secondary N) is 1. The van der Waals surface area contributed by atoms with Crippen LogP contribution in [0.3, 0.4) is 0 Å². The maximum atomic E-state index is 12.2. The fourth-order valence-electron chi connectivity index (χ4n) is 2.23. The van der Waals surface area contributed by atoms with Crippen molar-refractivity contribution in [3.05, 3.63) is 71.1 Å². The van der Waals surface area contributed by atoms with Crippen LogP contribution in [0.4, 0.5) is 6.01 Å². The lowest BCUT2D eigenvalue weighted by Gasteiger charge is -2.04. The SMILES string of the molecule is Cc1ccc(C(=O)Nc2nnc(CCSc3ccccc3)o2)cc1C. The molecule has 1 heterocycles. The number of rotatable bonds is 6. The first-order valence-electron chi connectivity index (χ1n) is 8.00. The van der Waals surface area contributed by atoms with Gasteiger partial charge in [0.15, 0.2) is 0 Å². The molecular weight excluding hydrogens is 334 g/mol. The number of benzene rings is 2. The minimum atomic E-state index is -0.253. The van der Waals surface area contributed by atoms with E-state index >= 15 is 0 Å². The van der Waals surface area contributed by atoms with Crippen LogP contribution in [0, 0.1) is 13.8 Å². The number of hydrogen-bond donors (Lipinski definition) is 1. The van der Waals surface area contributed by atoms with E-state index in [0.29, 0.717) is 17.9 Å². The summed E-state index contributed by atoms with van der Waals surface area (Å²) in [6.07, 6.45) is 0.645. The second-order valence-corrected chi connectivity index (χ2v) is 6.83. The first-order chi connectivity index (χ1) is 12.1. The van der Waals surface area contributed by atoms with Crippen LogP contribution in [0.2, 0.25) is 0 Å². The van der Waals surface area contributed by atoms with Gasteiger partial charge in [0, 0.05) is 22.6 Å². The Balaban J connectivity index is 1.54. The van der Waals surface area contributed by atoms with Gasteiger partial charge in [0.2, 0.25) is 5.89 Å². The van der Waals surface area contributed by atoms with Gasteiger partial charge in [0.1, 0.15) is 0 Å². The quantitative estimate of drug-likeness (QED) is 0.670. The lowest BCUT2D eigenvalue weighted by atomic mass is 10.1. The molecule has 6 heteroatoms. The smallest absolute Gasteiger partial charge is 0.322 e. The fourth-order valence-corrected chi connectivity index (χ4v) is 3.09. The van der Waals surface area contributed by atoms with Gasteiger partial charge in [0.05, 0.1) is 0 Å². The fraction of sp³-hybridized carbons (Fsp3) is 0.211. The van der Waals surface area contributed by atoms with Crippen LogP contribution in [-0.2, 0) is 6.42 Å². The van der Waals surface area contributed by atoms with E-state index in [4.69, 9.17) is 4.42 Å². The van der Waals surface area contributed by atoms with Crippen LogP contribution in [0.15, 0.2) is 57.8 Å². The van der Waals surface area contributed by atoms with E-state index in [-0.39, 0.29) is 11.9 Å². The van der Waals surface area contributed by atoms with E-state index in [2.05, 4.69) is 27.6 Å². The molecule has 5 nitrogen and oxygen atoms in total. The van der Waals surface area contributed by atoms with E-state index < -0.39 is 0 Å². The van der Waals surface area contributed by atoms with Gasteiger partial charge in [-0.2, -0.15) is 0 Å². The molecule has 0 saturated carbocycles. The van der Waals surface area contributed by atoms with Crippen LogP contribution in [0.25, 0.3) is 0 Å². The normalized spacial score (nSPS) is 10.6. The molecule has 0 unspecified atom stereocenters. The molecule has 3 aromatic rings. The molecule has 0 bridgehead atoms. The molecular formula is C19H19N3O2S. The van der Waals surface area contributed by atoms with Crippen molar-refractivity contribution in [2.45, 2.75) is 25.2 Å². The van der Waals surface area contributed by atoms with Crippen LogP contribution in [0.1, 0.15) is 27.4 Å². The van der Waals surface area contributed by atoms with Crippen molar-refractivity contribution in [1.29, 1.82) is 0 Å². The monoisotopic (exact) mass is 353 g/mol. The molecule has 25 heavy (non-hydrogen) atoms. The summed E-state index contributed by atoms with van der Waals surface area (Å²) in [4.78, 5) is 13.4. The third-order valence-electron chi connectivity index (χ3n) is 3.78. The summed E-state index contributed by atoms with van der Waals surface area (Å²) in [6, 6.07) is 15.8. The Morgan fingerprint density at radius 3 is 2.64 bits per heavy atom. The Kier molecular flexibility index (Phi) is 5.50. The molecule has 2 aromatic carbocycles. The van der Waals surface area contributed by atoms with Gasteiger partial charge in [-0.1, -0.05) is 29.4 Å². The number of thioether (sulfide) groups is 1. The maximum absolute atomic E-state index is 12.2. The highest BCUT2D eigenvalue weighted by molar-refractivity contribution is 7.99. The van der Waals surface area contributed by atoms with Gasteiger partial charge in [-0.15, -0.1) is 16.9 Å². The Labute approximate surface area is 150 Å². The van der Waals surface area contributed by atoms with Crippen LogP contribution < -0.4 is 5.32 Å². The maximum Gasteiger partial charge on any atom is 0.322 e. The minimum Gasteiger partial charge on any atom is -0.408 e. The van der Waals surface area contributed by atoms with E-state index in [1.807, 2.05) is 44.2 Å². The zero-order chi connectivity index (χ0) is 17.6. The predicted molar refractivity (Wildman–Crippen MR) is 99.0 cm³/mol. The highest BCUT2D eigenvalue weighted by atomic mass is 32.2. The van der Waals surface area contributed by atoms with E-state index in [9.17, 15) is 4.79 Å². The predicted octanol–water partition coefficient (Wildman–Crippen LogP) is 4.27. The molecule has 0 saturated heterocycles. The summed E-state index contributed by atoms with van der Waals surface area (Å²) < 4.78 is 5.50. The lowest BCUT2D eigenvalue weighted by molar-refractivity contribution is 0.102. The summed E-state index contributed by atoms with van der Waals surface area (Å²) in [5.41, 5.74) is 2.78. The van der Waals surface area contributed by atoms with Crippen molar-refractivity contribution in [3.63, 3.8) is 0 Å². The molecule has 1 aromatic heterocycles. The Hall–Kier alpha value is -2.60. The molecule has 0 aliphatic heterocycles. The highest BCUT2D eigenvalue weighted by Crippen LogP contribution is 2.19. The van der Waals surface area contributed by atoms with Crippen molar-refractivity contribution in [2.24, 2.45) is 0 Å². The summed E-state index contributed by atoms with van der Waals surface area (Å²) in [7, 11) is 0. The van der Waals surface area contributed by atoms with E-state index in [1.165, 1.54) is 4.90 Å². The van der Waals surface area contributed by atoms with Crippen molar-refractivity contribution >= 4 is 23.7 Å². The molecule has 0 atom stereocenters. The van der Waals surface area contributed by atoms with E-state index in [1.54, 1.807) is 17.8 Å². The van der Waals surface area contributed by atoms with Crippen molar-refractivity contribution in [1.82, 2.24) is 10.2 Å². The van der Waals surface area contributed by atoms with Crippen LogP contribution in [-0.4, -0.2) is 21.9 Å². The minimum absolute atomic E-state index is 0.128. The number of nitrogens with zero attached hydrogens (tertiary/aromatic N) is 2. The summed E-state index contributed by atoms with van der Waals surface area (Å²) in [5.74, 6) is 1.09. The average Bonchev–Trinajstić information content (AvgIpc) is 3.05. The lowest BCUT2D eigenvalue weighted by Crippen LogP contribution is -2.12. The van der Waals surface area contributed by atoms with Gasteiger partial charge in [-0.25, -0.2) is 0 Å². The Morgan fingerprint density at radius 1 is 1.08 bits per heavy atom. The number of amides is 1. The summed E-state index contributed by atoms with van der Waals surface area (Å²) >= 11 is 1.72. The number of carbonyl (C=O) groups excluding carboxylic acids is 1. The van der Waals surface area contributed by atoms with Gasteiger partial charge in [0.25, 0.3) is 5.91 Å². The first kappa shape index (κ1) is 17.2. The third kappa shape index (κ3) is 4.70. The van der Waals surface area contributed by atoms with E-state index in [0.717, 1.165) is 16.9 Å². The molecule has 0 fully saturated rings. The standard InChI is InChI=1S/C19H19N3O2S/c1-13-8-9-15(12-14(13)2)18(23)20-19-22-21-17(24-19)10-11-25-16-6-4-3-5-7-16/h3-9,12H,10-11H2,1-2H3,(H,20,22,23). The van der Waals surface area contributed by atoms with Crippen LogP contribution >= 0.6 is 11.8 Å². The van der Waals surface area contributed by atoms with Gasteiger partial charge < -0.3 is 4.42 Å². The number of carbonyl (C=O) groups is 1. The molecule has 0 aliphatic carbocycles. The average molecular weight is 353 g/mol. The Bertz CT molecular complexity index is 862. The highest BCUT2D eigenvalue weighted by Gasteiger charge is 2.12. The second-order valence-electron chi connectivity index (χ2n) is 5.67. The molecule has 0 spiro atoms. The molecule has 0 aliphatic rings. The molecule has 128 valence electrons. The number of hydrogen-bond acceptors (Lipinski definition) is 5. The van der Waals surface area contributed by atoms with Crippen molar-refractivity contribution in [3.8, 4) is 0 Å². The molecule has 3 rings (SSSR count). The topological polar surface area (TPSA) is 68.0 Å². The molecule has 1 amide bonds. The van der Waals surface area contributed by atoms with Crippen LogP contribution in [0.5, 0.6) is 0 Å². The number of aromatic nitrogens is 2. The van der Waals surface area contributed by atoms with Gasteiger partial charge in [-0.3, -0.25) is 10.1 Å².